The number of amides is 1. The maximum Gasteiger partial charge on any atom is 0.277 e. The predicted molar refractivity (Wildman–Crippen MR) is 138 cm³/mol. The van der Waals surface area contributed by atoms with E-state index in [1.807, 2.05) is 39.0 Å². The molecule has 2 atom stereocenters. The van der Waals surface area contributed by atoms with Gasteiger partial charge in [0.2, 0.25) is 11.8 Å². The minimum Gasteiger partial charge on any atom is -0.470 e. The Hall–Kier alpha value is -3.54. The van der Waals surface area contributed by atoms with Crippen molar-refractivity contribution < 1.29 is 22.8 Å². The summed E-state index contributed by atoms with van der Waals surface area (Å²) < 4.78 is 35.4. The average molecular weight is 524 g/mol. The first-order chi connectivity index (χ1) is 17.8. The summed E-state index contributed by atoms with van der Waals surface area (Å²) in [7, 11) is -4.11. The van der Waals surface area contributed by atoms with E-state index in [2.05, 4.69) is 20.0 Å². The highest BCUT2D eigenvalue weighted by molar-refractivity contribution is 7.92. The Morgan fingerprint density at radius 1 is 1.08 bits per heavy atom. The highest BCUT2D eigenvalue weighted by atomic mass is 32.2. The molecule has 4 bridgehead atoms. The van der Waals surface area contributed by atoms with Gasteiger partial charge in [-0.3, -0.25) is 9.63 Å². The van der Waals surface area contributed by atoms with E-state index in [0.717, 1.165) is 16.7 Å². The number of ether oxygens (including phenoxy) is 1. The Balaban J connectivity index is 1.68. The summed E-state index contributed by atoms with van der Waals surface area (Å²) in [4.78, 5) is 28.3. The van der Waals surface area contributed by atoms with Crippen LogP contribution >= 0.6 is 0 Å². The van der Waals surface area contributed by atoms with Crippen LogP contribution in [-0.4, -0.2) is 61.2 Å². The molecule has 2 aliphatic heterocycles. The SMILES string of the molecule is CCCON1C(=O)c2cccc(c2)S(=O)(=O)Nc2nc(cc(-c3c(C)cccc3C)n2)O[C@@H]2CNC[C@H]21. The van der Waals surface area contributed by atoms with Gasteiger partial charge in [-0.05, 0) is 49.6 Å². The normalized spacial score (nSPS) is 20.6. The molecule has 1 saturated heterocycles. The van der Waals surface area contributed by atoms with Crippen LogP contribution in [0.25, 0.3) is 11.3 Å². The third-order valence-corrected chi connectivity index (χ3v) is 7.72. The standard InChI is InChI=1S/C26H29N5O5S/c1-4-11-35-31-21-14-27-15-22(21)36-23-13-20(24-16(2)7-5-8-17(24)3)28-26(29-23)30-37(33,34)19-10-6-9-18(12-19)25(31)32/h5-10,12-13,21-22,27H,4,11,14-15H2,1-3H3,(H,28,29,30)/t21-,22-/m1/s1. The molecule has 1 amide bonds. The Morgan fingerprint density at radius 2 is 1.84 bits per heavy atom. The minimum atomic E-state index is -4.11. The van der Waals surface area contributed by atoms with Crippen molar-refractivity contribution in [2.75, 3.05) is 24.4 Å². The molecule has 0 saturated carbocycles. The van der Waals surface area contributed by atoms with Crippen molar-refractivity contribution in [3.63, 3.8) is 0 Å². The fourth-order valence-electron chi connectivity index (χ4n) is 4.62. The van der Waals surface area contributed by atoms with Gasteiger partial charge in [0.05, 0.1) is 17.2 Å². The number of nitrogens with one attached hydrogen (secondary N) is 2. The third kappa shape index (κ3) is 5.02. The zero-order valence-electron chi connectivity index (χ0n) is 20.9. The van der Waals surface area contributed by atoms with Gasteiger partial charge in [0.25, 0.3) is 15.9 Å². The molecule has 0 spiro atoms. The molecule has 5 rings (SSSR count). The van der Waals surface area contributed by atoms with Crippen molar-refractivity contribution >= 4 is 21.9 Å². The van der Waals surface area contributed by atoms with Crippen LogP contribution in [-0.2, 0) is 14.9 Å². The van der Waals surface area contributed by atoms with Gasteiger partial charge in [0.1, 0.15) is 12.1 Å². The van der Waals surface area contributed by atoms with E-state index in [0.29, 0.717) is 31.8 Å². The zero-order chi connectivity index (χ0) is 26.2. The van der Waals surface area contributed by atoms with Gasteiger partial charge in [0, 0.05) is 30.3 Å². The Labute approximate surface area is 216 Å². The van der Waals surface area contributed by atoms with E-state index in [4.69, 9.17) is 9.57 Å². The van der Waals surface area contributed by atoms with E-state index in [1.165, 1.54) is 23.3 Å². The van der Waals surface area contributed by atoms with Gasteiger partial charge in [-0.25, -0.2) is 23.2 Å². The molecule has 37 heavy (non-hydrogen) atoms. The Bertz CT molecular complexity index is 1420. The number of hydrogen-bond donors (Lipinski definition) is 2. The van der Waals surface area contributed by atoms with Crippen molar-refractivity contribution in [1.29, 1.82) is 0 Å². The summed E-state index contributed by atoms with van der Waals surface area (Å²) >= 11 is 0. The van der Waals surface area contributed by atoms with E-state index in [-0.39, 0.29) is 22.3 Å². The quantitative estimate of drug-likeness (QED) is 0.535. The van der Waals surface area contributed by atoms with Gasteiger partial charge >= 0.3 is 0 Å². The second-order valence-electron chi connectivity index (χ2n) is 9.16. The predicted octanol–water partition coefficient (Wildman–Crippen LogP) is 3.08. The number of nitrogens with zero attached hydrogens (tertiary/aromatic N) is 3. The topological polar surface area (TPSA) is 123 Å². The molecule has 11 heteroatoms. The highest BCUT2D eigenvalue weighted by Gasteiger charge is 2.39. The molecule has 0 unspecified atom stereocenters. The molecule has 3 aromatic rings. The summed E-state index contributed by atoms with van der Waals surface area (Å²) in [6.45, 7) is 7.10. The number of sulfonamides is 1. The molecule has 3 heterocycles. The lowest BCUT2D eigenvalue weighted by Crippen LogP contribution is -2.48. The summed E-state index contributed by atoms with van der Waals surface area (Å²) in [5.41, 5.74) is 3.54. The van der Waals surface area contributed by atoms with Crippen molar-refractivity contribution in [3.05, 3.63) is 65.2 Å². The van der Waals surface area contributed by atoms with Crippen LogP contribution in [0.3, 0.4) is 0 Å². The molecule has 0 radical (unpaired) electrons. The lowest BCUT2D eigenvalue weighted by Gasteiger charge is -2.31. The smallest absolute Gasteiger partial charge is 0.277 e. The summed E-state index contributed by atoms with van der Waals surface area (Å²) in [5.74, 6) is -0.369. The average Bonchev–Trinajstić information content (AvgIpc) is 3.31. The number of carbonyl (C=O) groups excluding carboxylic acids is 1. The first-order valence-corrected chi connectivity index (χ1v) is 13.7. The first kappa shape index (κ1) is 25.1. The van der Waals surface area contributed by atoms with Crippen LogP contribution in [0, 0.1) is 13.8 Å². The number of benzene rings is 2. The molecule has 1 fully saturated rings. The fraction of sp³-hybridized carbons (Fsp3) is 0.346. The maximum absolute atomic E-state index is 13.5. The van der Waals surface area contributed by atoms with E-state index in [9.17, 15) is 13.2 Å². The third-order valence-electron chi connectivity index (χ3n) is 6.39. The maximum atomic E-state index is 13.5. The zero-order valence-corrected chi connectivity index (χ0v) is 21.7. The van der Waals surface area contributed by atoms with Gasteiger partial charge in [-0.1, -0.05) is 31.2 Å². The van der Waals surface area contributed by atoms with E-state index < -0.39 is 28.1 Å². The van der Waals surface area contributed by atoms with E-state index >= 15 is 0 Å². The van der Waals surface area contributed by atoms with Crippen LogP contribution in [0.1, 0.15) is 34.8 Å². The molecule has 2 aliphatic rings. The fourth-order valence-corrected chi connectivity index (χ4v) is 5.61. The lowest BCUT2D eigenvalue weighted by atomic mass is 10.00. The second kappa shape index (κ2) is 10.1. The number of carbonyl (C=O) groups is 1. The second-order valence-corrected chi connectivity index (χ2v) is 10.8. The molecule has 0 aliphatic carbocycles. The monoisotopic (exact) mass is 523 g/mol. The lowest BCUT2D eigenvalue weighted by molar-refractivity contribution is -0.158. The number of aryl methyl sites for hydroxylation is 2. The number of hydrogen-bond acceptors (Lipinski definition) is 8. The molecule has 2 N–H and O–H groups in total. The van der Waals surface area contributed by atoms with Crippen molar-refractivity contribution in [2.45, 2.75) is 44.2 Å². The number of rotatable bonds is 4. The van der Waals surface area contributed by atoms with Gasteiger partial charge in [-0.2, -0.15) is 4.98 Å². The Morgan fingerprint density at radius 3 is 2.59 bits per heavy atom. The minimum absolute atomic E-state index is 0.0855. The van der Waals surface area contributed by atoms with Crippen LogP contribution in [0.5, 0.6) is 5.88 Å². The largest absolute Gasteiger partial charge is 0.470 e. The van der Waals surface area contributed by atoms with Gasteiger partial charge in [0.15, 0.2) is 0 Å². The molecular formula is C26H29N5O5S. The van der Waals surface area contributed by atoms with Gasteiger partial charge in [-0.15, -0.1) is 0 Å². The van der Waals surface area contributed by atoms with Crippen molar-refractivity contribution in [1.82, 2.24) is 20.3 Å². The van der Waals surface area contributed by atoms with Crippen LogP contribution in [0.2, 0.25) is 0 Å². The first-order valence-electron chi connectivity index (χ1n) is 12.2. The number of aromatic nitrogens is 2. The number of hydroxylamine groups is 2. The number of anilines is 1. The molecular weight excluding hydrogens is 494 g/mol. The summed E-state index contributed by atoms with van der Waals surface area (Å²) in [5, 5.41) is 4.57. The summed E-state index contributed by atoms with van der Waals surface area (Å²) in [6.07, 6.45) is 0.206. The van der Waals surface area contributed by atoms with E-state index in [1.54, 1.807) is 12.1 Å². The number of fused-ring (bicyclic) bond motifs is 5. The van der Waals surface area contributed by atoms with Crippen LogP contribution < -0.4 is 14.8 Å². The summed E-state index contributed by atoms with van der Waals surface area (Å²) in [6, 6.07) is 13.0. The molecule has 194 valence electrons. The highest BCUT2D eigenvalue weighted by Crippen LogP contribution is 2.31. The van der Waals surface area contributed by atoms with Crippen molar-refractivity contribution in [3.8, 4) is 17.1 Å². The molecule has 2 aromatic carbocycles. The Kier molecular flexibility index (Phi) is 6.84. The van der Waals surface area contributed by atoms with Crippen LogP contribution in [0.4, 0.5) is 5.95 Å². The van der Waals surface area contributed by atoms with Crippen LogP contribution in [0.15, 0.2) is 53.4 Å². The van der Waals surface area contributed by atoms with Gasteiger partial charge < -0.3 is 10.1 Å². The molecule has 1 aromatic heterocycles. The van der Waals surface area contributed by atoms with Crippen molar-refractivity contribution in [2.24, 2.45) is 0 Å². The molecule has 10 nitrogen and oxygen atoms in total.